The molecule has 6 heteroatoms. The highest BCUT2D eigenvalue weighted by Gasteiger charge is 2.51. The Balaban J connectivity index is 1.60. The van der Waals surface area contributed by atoms with Crippen molar-refractivity contribution in [3.8, 4) is 0 Å². The van der Waals surface area contributed by atoms with Crippen LogP contribution in [0.1, 0.15) is 65.3 Å². The Morgan fingerprint density at radius 2 is 1.67 bits per heavy atom. The fourth-order valence-electron chi connectivity index (χ4n) is 4.15. The summed E-state index contributed by atoms with van der Waals surface area (Å²) >= 11 is 1.85. The first kappa shape index (κ1) is 19.4. The van der Waals surface area contributed by atoms with Crippen molar-refractivity contribution in [3.05, 3.63) is 23.2 Å². The first-order valence-electron chi connectivity index (χ1n) is 10.1. The number of likely N-dealkylation sites (tertiary alicyclic amines) is 1. The van der Waals surface area contributed by atoms with E-state index in [0.717, 1.165) is 11.0 Å². The highest BCUT2D eigenvalue weighted by Crippen LogP contribution is 2.39. The number of aromatic nitrogens is 1. The van der Waals surface area contributed by atoms with Gasteiger partial charge in [-0.1, -0.05) is 6.07 Å². The molecule has 0 radical (unpaired) electrons. The molecule has 2 saturated heterocycles. The lowest BCUT2D eigenvalue weighted by Gasteiger charge is -2.39. The van der Waals surface area contributed by atoms with E-state index in [2.05, 4.69) is 71.7 Å². The summed E-state index contributed by atoms with van der Waals surface area (Å²) in [5.41, 5.74) is 1.49. The summed E-state index contributed by atoms with van der Waals surface area (Å²) in [7, 11) is 1.91. The predicted octanol–water partition coefficient (Wildman–Crippen LogP) is 4.18. The minimum Gasteiger partial charge on any atom is -0.399 e. The van der Waals surface area contributed by atoms with Crippen molar-refractivity contribution in [2.75, 3.05) is 7.05 Å². The molecule has 1 unspecified atom stereocenters. The minimum atomic E-state index is -0.326. The van der Waals surface area contributed by atoms with Crippen LogP contribution in [0.25, 0.3) is 10.2 Å². The smallest absolute Gasteiger partial charge is 0.399 e. The molecule has 2 aliphatic heterocycles. The summed E-state index contributed by atoms with van der Waals surface area (Å²) in [5, 5.41) is 1.28. The number of thiazole rings is 1. The quantitative estimate of drug-likeness (QED) is 0.726. The average molecular weight is 386 g/mol. The van der Waals surface area contributed by atoms with Crippen LogP contribution in [0.3, 0.4) is 0 Å². The monoisotopic (exact) mass is 386 g/mol. The third kappa shape index (κ3) is 3.35. The van der Waals surface area contributed by atoms with Gasteiger partial charge in [-0.3, -0.25) is 0 Å². The van der Waals surface area contributed by atoms with Gasteiger partial charge in [0.2, 0.25) is 0 Å². The van der Waals surface area contributed by atoms with Gasteiger partial charge in [0.1, 0.15) is 0 Å². The van der Waals surface area contributed by atoms with Crippen molar-refractivity contribution in [2.45, 2.75) is 83.6 Å². The highest BCUT2D eigenvalue weighted by atomic mass is 32.1. The fourth-order valence-corrected chi connectivity index (χ4v) is 5.22. The molecule has 2 aromatic rings. The predicted molar refractivity (Wildman–Crippen MR) is 114 cm³/mol. The van der Waals surface area contributed by atoms with Gasteiger partial charge in [0.15, 0.2) is 0 Å². The van der Waals surface area contributed by atoms with Gasteiger partial charge in [-0.15, -0.1) is 11.3 Å². The van der Waals surface area contributed by atoms with Crippen LogP contribution in [0.2, 0.25) is 0 Å². The van der Waals surface area contributed by atoms with Gasteiger partial charge in [0.05, 0.1) is 26.4 Å². The molecule has 0 aliphatic carbocycles. The van der Waals surface area contributed by atoms with E-state index >= 15 is 0 Å². The van der Waals surface area contributed by atoms with E-state index in [1.807, 2.05) is 11.3 Å². The zero-order valence-corrected chi connectivity index (χ0v) is 18.4. The van der Waals surface area contributed by atoms with E-state index < -0.39 is 0 Å². The number of rotatable bonds is 2. The van der Waals surface area contributed by atoms with Gasteiger partial charge in [-0.25, -0.2) is 4.98 Å². The summed E-state index contributed by atoms with van der Waals surface area (Å²) in [6, 6.07) is 7.67. The van der Waals surface area contributed by atoms with Crippen LogP contribution in [-0.2, 0) is 9.31 Å². The second-order valence-electron chi connectivity index (χ2n) is 9.40. The van der Waals surface area contributed by atoms with Crippen molar-refractivity contribution in [2.24, 2.45) is 0 Å². The van der Waals surface area contributed by atoms with Crippen molar-refractivity contribution in [1.29, 1.82) is 0 Å². The molecule has 0 spiro atoms. The molecule has 1 aromatic carbocycles. The van der Waals surface area contributed by atoms with E-state index in [-0.39, 0.29) is 18.3 Å². The molecule has 4 rings (SSSR count). The van der Waals surface area contributed by atoms with E-state index in [9.17, 15) is 0 Å². The lowest BCUT2D eigenvalue weighted by molar-refractivity contribution is 0.00578. The molecule has 146 valence electrons. The number of piperidine rings is 1. The molecule has 2 aliphatic rings. The van der Waals surface area contributed by atoms with Gasteiger partial charge >= 0.3 is 7.12 Å². The van der Waals surface area contributed by atoms with Crippen molar-refractivity contribution >= 4 is 34.1 Å². The Morgan fingerprint density at radius 1 is 1.07 bits per heavy atom. The first-order valence-corrected chi connectivity index (χ1v) is 10.9. The SMILES string of the molecule is C[C@@H]1CC(c2nc3cc(B4OC(C)(C)C(C)(C)O4)ccc3s2)C[C@H](C)N1C. The highest BCUT2D eigenvalue weighted by molar-refractivity contribution is 7.18. The van der Waals surface area contributed by atoms with E-state index in [4.69, 9.17) is 14.3 Å². The summed E-state index contributed by atoms with van der Waals surface area (Å²) < 4.78 is 13.7. The number of hydrogen-bond donors (Lipinski definition) is 0. The zero-order valence-electron chi connectivity index (χ0n) is 17.6. The second kappa shape index (κ2) is 6.55. The number of hydrogen-bond acceptors (Lipinski definition) is 5. The first-order chi connectivity index (χ1) is 12.6. The Bertz CT molecular complexity index is 822. The van der Waals surface area contributed by atoms with Crippen molar-refractivity contribution in [3.63, 3.8) is 0 Å². The molecule has 1 aromatic heterocycles. The number of nitrogens with zero attached hydrogens (tertiary/aromatic N) is 2. The molecular weight excluding hydrogens is 355 g/mol. The van der Waals surface area contributed by atoms with Crippen LogP contribution in [-0.4, -0.2) is 47.3 Å². The normalized spacial score (nSPS) is 30.9. The van der Waals surface area contributed by atoms with Gasteiger partial charge in [0.25, 0.3) is 0 Å². The van der Waals surface area contributed by atoms with Crippen LogP contribution in [0.4, 0.5) is 0 Å². The molecule has 3 atom stereocenters. The lowest BCUT2D eigenvalue weighted by atomic mass is 9.79. The molecule has 2 fully saturated rings. The van der Waals surface area contributed by atoms with Gasteiger partial charge in [-0.2, -0.15) is 0 Å². The molecule has 4 nitrogen and oxygen atoms in total. The van der Waals surface area contributed by atoms with Crippen LogP contribution in [0, 0.1) is 0 Å². The molecule has 0 N–H and O–H groups in total. The largest absolute Gasteiger partial charge is 0.494 e. The maximum absolute atomic E-state index is 6.21. The van der Waals surface area contributed by atoms with Crippen LogP contribution >= 0.6 is 11.3 Å². The molecule has 3 heterocycles. The van der Waals surface area contributed by atoms with Gasteiger partial charge in [-0.05, 0) is 79.0 Å². The van der Waals surface area contributed by atoms with Crippen molar-refractivity contribution in [1.82, 2.24) is 9.88 Å². The van der Waals surface area contributed by atoms with Crippen LogP contribution in [0.15, 0.2) is 18.2 Å². The Kier molecular flexibility index (Phi) is 4.70. The maximum atomic E-state index is 6.21. The Hall–Kier alpha value is -0.945. The Morgan fingerprint density at radius 3 is 2.26 bits per heavy atom. The topological polar surface area (TPSA) is 34.6 Å². The molecule has 27 heavy (non-hydrogen) atoms. The summed E-state index contributed by atoms with van der Waals surface area (Å²) in [5.74, 6) is 0.559. The number of benzene rings is 1. The minimum absolute atomic E-state index is 0.319. The van der Waals surface area contributed by atoms with Crippen molar-refractivity contribution < 1.29 is 9.31 Å². The van der Waals surface area contributed by atoms with Crippen LogP contribution in [0.5, 0.6) is 0 Å². The van der Waals surface area contributed by atoms with Gasteiger partial charge in [0, 0.05) is 18.0 Å². The summed E-state index contributed by atoms with van der Waals surface area (Å²) in [6.07, 6.45) is 2.37. The second-order valence-corrected chi connectivity index (χ2v) is 10.5. The third-order valence-electron chi connectivity index (χ3n) is 6.94. The Labute approximate surface area is 167 Å². The standard InChI is InChI=1S/C21H31BN2O2S/c1-13-10-15(11-14(2)24(13)7)19-23-17-12-16(8-9-18(17)27-19)22-25-20(3,4)21(5,6)26-22/h8-9,12-15H,10-11H2,1-7H3/t13-,14+,15?. The number of fused-ring (bicyclic) bond motifs is 1. The summed E-state index contributed by atoms with van der Waals surface area (Å²) in [6.45, 7) is 13.0. The third-order valence-corrected chi connectivity index (χ3v) is 8.14. The fraction of sp³-hybridized carbons (Fsp3) is 0.667. The van der Waals surface area contributed by atoms with E-state index in [1.165, 1.54) is 22.5 Å². The average Bonchev–Trinajstić information content (AvgIpc) is 3.09. The van der Waals surface area contributed by atoms with Gasteiger partial charge < -0.3 is 14.2 Å². The molecule has 0 saturated carbocycles. The summed E-state index contributed by atoms with van der Waals surface area (Å²) in [4.78, 5) is 7.51. The molecular formula is C21H31BN2O2S. The lowest BCUT2D eigenvalue weighted by Crippen LogP contribution is -2.43. The molecule has 0 bridgehead atoms. The maximum Gasteiger partial charge on any atom is 0.494 e. The van der Waals surface area contributed by atoms with E-state index in [1.54, 1.807) is 0 Å². The van der Waals surface area contributed by atoms with Crippen LogP contribution < -0.4 is 5.46 Å². The van der Waals surface area contributed by atoms with E-state index in [0.29, 0.717) is 18.0 Å². The zero-order chi connectivity index (χ0) is 19.6. The molecule has 0 amide bonds.